The molecule has 21 heavy (non-hydrogen) atoms. The van der Waals surface area contributed by atoms with Crippen LogP contribution in [0.5, 0.6) is 0 Å². The summed E-state index contributed by atoms with van der Waals surface area (Å²) in [6.45, 7) is 6.81. The van der Waals surface area contributed by atoms with Crippen molar-refractivity contribution in [2.75, 3.05) is 0 Å². The van der Waals surface area contributed by atoms with Crippen LogP contribution < -0.4 is 4.72 Å². The van der Waals surface area contributed by atoms with Gasteiger partial charge in [-0.05, 0) is 46.0 Å². The van der Waals surface area contributed by atoms with E-state index < -0.39 is 27.4 Å². The SMILES string of the molecule is Cc1cc(Br)c(S(=O)(=O)N[C@H](C(=O)O)C(C)(C)C)cc1Br. The van der Waals surface area contributed by atoms with E-state index in [1.165, 1.54) is 6.07 Å². The quantitative estimate of drug-likeness (QED) is 0.749. The highest BCUT2D eigenvalue weighted by Crippen LogP contribution is 2.30. The first-order valence-corrected chi connectivity index (χ1v) is 9.14. The lowest BCUT2D eigenvalue weighted by atomic mass is 9.88. The van der Waals surface area contributed by atoms with Crippen LogP contribution in [0.3, 0.4) is 0 Å². The van der Waals surface area contributed by atoms with E-state index >= 15 is 0 Å². The topological polar surface area (TPSA) is 83.5 Å². The first kappa shape index (κ1) is 18.6. The maximum atomic E-state index is 12.5. The summed E-state index contributed by atoms with van der Waals surface area (Å²) in [7, 11) is -3.97. The van der Waals surface area contributed by atoms with Gasteiger partial charge in [-0.2, -0.15) is 4.72 Å². The molecule has 0 radical (unpaired) electrons. The minimum atomic E-state index is -3.97. The Morgan fingerprint density at radius 3 is 2.19 bits per heavy atom. The van der Waals surface area contributed by atoms with Crippen molar-refractivity contribution >= 4 is 47.9 Å². The second-order valence-electron chi connectivity index (χ2n) is 5.79. The summed E-state index contributed by atoms with van der Waals surface area (Å²) in [5.74, 6) is -1.21. The zero-order valence-electron chi connectivity index (χ0n) is 12.1. The molecule has 2 N–H and O–H groups in total. The zero-order valence-corrected chi connectivity index (χ0v) is 16.1. The number of aryl methyl sites for hydroxylation is 1. The van der Waals surface area contributed by atoms with Gasteiger partial charge in [-0.25, -0.2) is 8.42 Å². The highest BCUT2D eigenvalue weighted by Gasteiger charge is 2.36. The molecule has 0 fully saturated rings. The number of aliphatic carboxylic acids is 1. The van der Waals surface area contributed by atoms with Crippen LogP contribution in [0.1, 0.15) is 26.3 Å². The summed E-state index contributed by atoms with van der Waals surface area (Å²) in [6.07, 6.45) is 0. The molecular formula is C13H17Br2NO4S. The van der Waals surface area contributed by atoms with Gasteiger partial charge in [0.1, 0.15) is 6.04 Å². The molecule has 0 aliphatic heterocycles. The van der Waals surface area contributed by atoms with Gasteiger partial charge in [0.25, 0.3) is 0 Å². The number of carboxylic acid groups (broad SMARTS) is 1. The fourth-order valence-electron chi connectivity index (χ4n) is 1.65. The van der Waals surface area contributed by atoms with Gasteiger partial charge in [-0.1, -0.05) is 36.7 Å². The monoisotopic (exact) mass is 441 g/mol. The third-order valence-corrected chi connectivity index (χ3v) is 6.12. The van der Waals surface area contributed by atoms with E-state index in [1.54, 1.807) is 26.8 Å². The molecule has 0 heterocycles. The lowest BCUT2D eigenvalue weighted by molar-refractivity contribution is -0.141. The van der Waals surface area contributed by atoms with Crippen molar-refractivity contribution in [2.45, 2.75) is 38.6 Å². The van der Waals surface area contributed by atoms with Gasteiger partial charge in [-0.15, -0.1) is 0 Å². The van der Waals surface area contributed by atoms with Crippen LogP contribution in [-0.2, 0) is 14.8 Å². The van der Waals surface area contributed by atoms with E-state index in [-0.39, 0.29) is 4.90 Å². The van der Waals surface area contributed by atoms with E-state index in [1.807, 2.05) is 6.92 Å². The number of hydrogen-bond donors (Lipinski definition) is 2. The summed E-state index contributed by atoms with van der Waals surface area (Å²) >= 11 is 6.49. The van der Waals surface area contributed by atoms with Crippen molar-refractivity contribution in [2.24, 2.45) is 5.41 Å². The molecule has 0 aliphatic carbocycles. The Morgan fingerprint density at radius 2 is 1.76 bits per heavy atom. The third-order valence-electron chi connectivity index (χ3n) is 2.89. The van der Waals surface area contributed by atoms with Crippen molar-refractivity contribution in [3.05, 3.63) is 26.6 Å². The second kappa shape index (κ2) is 6.36. The van der Waals surface area contributed by atoms with Crippen molar-refractivity contribution in [1.82, 2.24) is 4.72 Å². The average molecular weight is 443 g/mol. The smallest absolute Gasteiger partial charge is 0.322 e. The summed E-state index contributed by atoms with van der Waals surface area (Å²) < 4.78 is 28.2. The molecular weight excluding hydrogens is 426 g/mol. The van der Waals surface area contributed by atoms with E-state index in [9.17, 15) is 18.3 Å². The maximum Gasteiger partial charge on any atom is 0.322 e. The Bertz CT molecular complexity index is 665. The Labute approximate surface area is 141 Å². The van der Waals surface area contributed by atoms with Crippen LogP contribution in [0.15, 0.2) is 26.0 Å². The number of benzene rings is 1. The van der Waals surface area contributed by atoms with Crippen molar-refractivity contribution in [3.63, 3.8) is 0 Å². The molecule has 0 saturated carbocycles. The third kappa shape index (κ3) is 4.51. The summed E-state index contributed by atoms with van der Waals surface area (Å²) in [4.78, 5) is 11.3. The number of halogens is 2. The highest BCUT2D eigenvalue weighted by molar-refractivity contribution is 9.11. The van der Waals surface area contributed by atoms with Crippen LogP contribution in [0.2, 0.25) is 0 Å². The summed E-state index contributed by atoms with van der Waals surface area (Å²) in [6, 6.07) is 1.88. The number of rotatable bonds is 4. The normalized spacial score (nSPS) is 14.0. The van der Waals surface area contributed by atoms with Gasteiger partial charge in [0, 0.05) is 8.95 Å². The Balaban J connectivity index is 3.30. The summed E-state index contributed by atoms with van der Waals surface area (Å²) in [5, 5.41) is 9.24. The number of carbonyl (C=O) groups is 1. The predicted molar refractivity (Wildman–Crippen MR) is 87.8 cm³/mol. The minimum Gasteiger partial charge on any atom is -0.480 e. The molecule has 0 aromatic heterocycles. The maximum absolute atomic E-state index is 12.5. The molecule has 0 saturated heterocycles. The second-order valence-corrected chi connectivity index (χ2v) is 9.18. The molecule has 1 atom stereocenters. The van der Waals surface area contributed by atoms with Crippen LogP contribution in [0.25, 0.3) is 0 Å². The molecule has 1 aromatic rings. The molecule has 0 amide bonds. The van der Waals surface area contributed by atoms with E-state index in [0.717, 1.165) is 5.56 Å². The van der Waals surface area contributed by atoms with Gasteiger partial charge in [0.05, 0.1) is 4.90 Å². The highest BCUT2D eigenvalue weighted by atomic mass is 79.9. The van der Waals surface area contributed by atoms with Crippen molar-refractivity contribution < 1.29 is 18.3 Å². The van der Waals surface area contributed by atoms with Gasteiger partial charge >= 0.3 is 5.97 Å². The fraction of sp³-hybridized carbons (Fsp3) is 0.462. The van der Waals surface area contributed by atoms with E-state index in [2.05, 4.69) is 36.6 Å². The first-order valence-electron chi connectivity index (χ1n) is 6.07. The number of sulfonamides is 1. The molecule has 0 spiro atoms. The van der Waals surface area contributed by atoms with E-state index in [0.29, 0.717) is 8.95 Å². The van der Waals surface area contributed by atoms with Crippen molar-refractivity contribution in [1.29, 1.82) is 0 Å². The van der Waals surface area contributed by atoms with Gasteiger partial charge in [0.15, 0.2) is 0 Å². The molecule has 0 bridgehead atoms. The fourth-order valence-corrected chi connectivity index (χ4v) is 4.72. The standard InChI is InChI=1S/C13H17Br2NO4S/c1-7-5-9(15)10(6-8(7)14)21(19,20)16-11(12(17)18)13(2,3)4/h5-6,11,16H,1-4H3,(H,17,18)/t11-/m1/s1. The Hall–Kier alpha value is -0.440. The minimum absolute atomic E-state index is 0.00419. The molecule has 0 aliphatic rings. The van der Waals surface area contributed by atoms with Gasteiger partial charge < -0.3 is 5.11 Å². The number of nitrogens with one attached hydrogen (secondary N) is 1. The largest absolute Gasteiger partial charge is 0.480 e. The molecule has 118 valence electrons. The lowest BCUT2D eigenvalue weighted by Gasteiger charge is -2.27. The van der Waals surface area contributed by atoms with Gasteiger partial charge in [-0.3, -0.25) is 4.79 Å². The Kier molecular flexibility index (Phi) is 5.63. The molecule has 5 nitrogen and oxygen atoms in total. The zero-order chi connectivity index (χ0) is 16.6. The predicted octanol–water partition coefficient (Wildman–Crippen LogP) is 3.30. The average Bonchev–Trinajstić information content (AvgIpc) is 2.29. The molecule has 1 rings (SSSR count). The van der Waals surface area contributed by atoms with E-state index in [4.69, 9.17) is 0 Å². The van der Waals surface area contributed by atoms with Crippen LogP contribution in [-0.4, -0.2) is 25.5 Å². The van der Waals surface area contributed by atoms with Crippen LogP contribution in [0.4, 0.5) is 0 Å². The van der Waals surface area contributed by atoms with Crippen LogP contribution in [0, 0.1) is 12.3 Å². The Morgan fingerprint density at radius 1 is 1.24 bits per heavy atom. The number of hydrogen-bond acceptors (Lipinski definition) is 3. The van der Waals surface area contributed by atoms with Gasteiger partial charge in [0.2, 0.25) is 10.0 Å². The lowest BCUT2D eigenvalue weighted by Crippen LogP contribution is -2.49. The molecule has 1 aromatic carbocycles. The number of carboxylic acids is 1. The van der Waals surface area contributed by atoms with Crippen LogP contribution >= 0.6 is 31.9 Å². The molecule has 0 unspecified atom stereocenters. The summed E-state index contributed by atoms with van der Waals surface area (Å²) in [5.41, 5.74) is 0.110. The van der Waals surface area contributed by atoms with Crippen molar-refractivity contribution in [3.8, 4) is 0 Å². The first-order chi connectivity index (χ1) is 9.36. The molecule has 8 heteroatoms.